The maximum atomic E-state index is 11.8. The number of esters is 3. The van der Waals surface area contributed by atoms with E-state index in [0.717, 1.165) is 70.3 Å². The lowest BCUT2D eigenvalue weighted by molar-refractivity contribution is -0.146. The number of carbonyl (C=O) groups is 4. The van der Waals surface area contributed by atoms with Crippen molar-refractivity contribution in [2.45, 2.75) is 71.8 Å². The number of rotatable bonds is 14. The van der Waals surface area contributed by atoms with E-state index in [2.05, 4.69) is 9.80 Å². The fourth-order valence-corrected chi connectivity index (χ4v) is 5.10. The average Bonchev–Trinajstić information content (AvgIpc) is 2.96. The van der Waals surface area contributed by atoms with Gasteiger partial charge in [-0.2, -0.15) is 0 Å². The van der Waals surface area contributed by atoms with Crippen molar-refractivity contribution in [1.82, 2.24) is 9.80 Å². The summed E-state index contributed by atoms with van der Waals surface area (Å²) in [5, 5.41) is 8.60. The second-order valence-corrected chi connectivity index (χ2v) is 10.7. The second-order valence-electron chi connectivity index (χ2n) is 10.7. The lowest BCUT2D eigenvalue weighted by Crippen LogP contribution is -2.38. The summed E-state index contributed by atoms with van der Waals surface area (Å²) < 4.78 is 15.2. The number of benzene rings is 1. The van der Waals surface area contributed by atoms with Gasteiger partial charge in [0.15, 0.2) is 0 Å². The molecule has 0 radical (unpaired) electrons. The Kier molecular flexibility index (Phi) is 16.7. The molecule has 2 aliphatic heterocycles. The number of hydrogen-bond donors (Lipinski definition) is 1. The zero-order valence-corrected chi connectivity index (χ0v) is 24.8. The van der Waals surface area contributed by atoms with Crippen molar-refractivity contribution in [2.24, 2.45) is 11.8 Å². The zero-order chi connectivity index (χ0) is 29.9. The quantitative estimate of drug-likeness (QED) is 0.258. The van der Waals surface area contributed by atoms with Crippen LogP contribution >= 0.6 is 0 Å². The summed E-state index contributed by atoms with van der Waals surface area (Å²) in [6.07, 6.45) is 6.33. The van der Waals surface area contributed by atoms with Crippen molar-refractivity contribution >= 4 is 23.9 Å². The first kappa shape index (κ1) is 34.2. The van der Waals surface area contributed by atoms with Crippen LogP contribution < -0.4 is 0 Å². The summed E-state index contributed by atoms with van der Waals surface area (Å²) in [5.41, 5.74) is 1.01. The molecule has 0 spiro atoms. The van der Waals surface area contributed by atoms with E-state index in [1.165, 1.54) is 0 Å². The molecular formula is C31H48N2O8. The minimum Gasteiger partial charge on any atom is -0.481 e. The first-order valence-corrected chi connectivity index (χ1v) is 15.0. The Morgan fingerprint density at radius 2 is 1.17 bits per heavy atom. The molecule has 0 unspecified atom stereocenters. The Hall–Kier alpha value is -2.98. The molecule has 10 heteroatoms. The Balaban J connectivity index is 0.000000305. The number of carboxylic acids is 1. The van der Waals surface area contributed by atoms with Gasteiger partial charge in [0.25, 0.3) is 0 Å². The molecule has 1 aromatic carbocycles. The summed E-state index contributed by atoms with van der Waals surface area (Å²) >= 11 is 0. The van der Waals surface area contributed by atoms with E-state index in [1.807, 2.05) is 37.3 Å². The largest absolute Gasteiger partial charge is 0.481 e. The van der Waals surface area contributed by atoms with Gasteiger partial charge in [-0.3, -0.25) is 29.0 Å². The van der Waals surface area contributed by atoms with Gasteiger partial charge in [0.1, 0.15) is 6.61 Å². The van der Waals surface area contributed by atoms with Gasteiger partial charge in [-0.25, -0.2) is 0 Å². The van der Waals surface area contributed by atoms with Crippen LogP contribution in [0.5, 0.6) is 0 Å². The Labute approximate surface area is 244 Å². The molecule has 0 bridgehead atoms. The number of aliphatic carboxylic acids is 1. The van der Waals surface area contributed by atoms with Crippen molar-refractivity contribution in [3.63, 3.8) is 0 Å². The number of likely N-dealkylation sites (tertiary alicyclic amines) is 2. The van der Waals surface area contributed by atoms with Crippen LogP contribution in [0.4, 0.5) is 0 Å². The van der Waals surface area contributed by atoms with Gasteiger partial charge in [0, 0.05) is 12.8 Å². The highest BCUT2D eigenvalue weighted by molar-refractivity contribution is 5.72. The molecule has 3 rings (SSSR count). The number of ether oxygens (including phenoxy) is 3. The molecule has 10 nitrogen and oxygen atoms in total. The van der Waals surface area contributed by atoms with Gasteiger partial charge in [-0.05, 0) is 96.0 Å². The molecule has 0 amide bonds. The molecule has 2 fully saturated rings. The Morgan fingerprint density at radius 3 is 1.61 bits per heavy atom. The van der Waals surface area contributed by atoms with Crippen molar-refractivity contribution in [3.8, 4) is 0 Å². The summed E-state index contributed by atoms with van der Waals surface area (Å²) in [7, 11) is 0. The summed E-state index contributed by atoms with van der Waals surface area (Å²) in [6, 6.07) is 9.72. The van der Waals surface area contributed by atoms with Gasteiger partial charge in [-0.1, -0.05) is 30.3 Å². The highest BCUT2D eigenvalue weighted by Crippen LogP contribution is 2.23. The molecule has 1 N–H and O–H groups in total. The van der Waals surface area contributed by atoms with E-state index in [4.69, 9.17) is 19.3 Å². The minimum atomic E-state index is -0.723. The second kappa shape index (κ2) is 20.0. The van der Waals surface area contributed by atoms with Crippen LogP contribution in [-0.2, 0) is 40.0 Å². The third-order valence-corrected chi connectivity index (χ3v) is 7.50. The van der Waals surface area contributed by atoms with E-state index in [1.54, 1.807) is 6.92 Å². The summed E-state index contributed by atoms with van der Waals surface area (Å²) in [5.74, 6) is -0.152. The number of carboxylic acid groups (broad SMARTS) is 1. The van der Waals surface area contributed by atoms with Crippen molar-refractivity contribution < 1.29 is 38.5 Å². The molecule has 2 saturated heterocycles. The minimum absolute atomic E-state index is 0.132. The molecule has 0 aromatic heterocycles. The van der Waals surface area contributed by atoms with Crippen LogP contribution in [0.1, 0.15) is 70.8 Å². The van der Waals surface area contributed by atoms with Crippen LogP contribution in [0.25, 0.3) is 0 Å². The molecule has 0 saturated carbocycles. The van der Waals surface area contributed by atoms with Crippen molar-refractivity contribution in [3.05, 3.63) is 35.9 Å². The fraction of sp³-hybridized carbons (Fsp3) is 0.677. The van der Waals surface area contributed by atoms with Gasteiger partial charge in [-0.15, -0.1) is 0 Å². The molecule has 230 valence electrons. The maximum Gasteiger partial charge on any atom is 0.320 e. The normalized spacial score (nSPS) is 16.7. The third-order valence-electron chi connectivity index (χ3n) is 7.50. The van der Waals surface area contributed by atoms with Crippen LogP contribution in [0.2, 0.25) is 0 Å². The van der Waals surface area contributed by atoms with E-state index >= 15 is 0 Å². The van der Waals surface area contributed by atoms with E-state index in [-0.39, 0.29) is 24.3 Å². The first-order chi connectivity index (χ1) is 19.8. The van der Waals surface area contributed by atoms with Crippen LogP contribution in [-0.4, -0.2) is 91.3 Å². The van der Waals surface area contributed by atoms with Gasteiger partial charge >= 0.3 is 23.9 Å². The first-order valence-electron chi connectivity index (χ1n) is 15.0. The highest BCUT2D eigenvalue weighted by atomic mass is 16.5. The van der Waals surface area contributed by atoms with Gasteiger partial charge in [0.2, 0.25) is 0 Å². The average molecular weight is 577 g/mol. The van der Waals surface area contributed by atoms with Crippen molar-refractivity contribution in [2.75, 3.05) is 52.5 Å². The molecule has 0 atom stereocenters. The monoisotopic (exact) mass is 576 g/mol. The molecule has 0 aliphatic carbocycles. The molecule has 41 heavy (non-hydrogen) atoms. The Bertz CT molecular complexity index is 910. The zero-order valence-electron chi connectivity index (χ0n) is 24.8. The SMILES string of the molecule is CCOC(=O)CN1CCC(CCC(=O)O)CC1.CCOC(=O)CN1CCC(CCC(=O)OCc2ccccc2)CC1. The van der Waals surface area contributed by atoms with Crippen LogP contribution in [0.15, 0.2) is 30.3 Å². The number of piperidine rings is 2. The van der Waals surface area contributed by atoms with Gasteiger partial charge < -0.3 is 19.3 Å². The molecular weight excluding hydrogens is 528 g/mol. The molecule has 1 aromatic rings. The van der Waals surface area contributed by atoms with E-state index in [9.17, 15) is 19.2 Å². The summed E-state index contributed by atoms with van der Waals surface area (Å²) in [6.45, 7) is 9.07. The number of carbonyl (C=O) groups excluding carboxylic acids is 3. The lowest BCUT2D eigenvalue weighted by Gasteiger charge is -2.31. The van der Waals surface area contributed by atoms with Crippen LogP contribution in [0, 0.1) is 11.8 Å². The fourth-order valence-electron chi connectivity index (χ4n) is 5.10. The molecule has 2 heterocycles. The van der Waals surface area contributed by atoms with Gasteiger partial charge in [0.05, 0.1) is 26.3 Å². The number of nitrogens with zero attached hydrogens (tertiary/aromatic N) is 2. The number of hydrogen-bond acceptors (Lipinski definition) is 9. The maximum absolute atomic E-state index is 11.8. The van der Waals surface area contributed by atoms with Crippen LogP contribution in [0.3, 0.4) is 0 Å². The standard InChI is InChI=1S/C19H27NO4.C12H21NO4/c1-2-23-19(22)14-20-12-10-16(11-13-20)8-9-18(21)24-15-17-6-4-3-5-7-17;1-2-17-12(16)9-13-7-5-10(6-8-13)3-4-11(14)15/h3-7,16H,2,8-15H2,1H3;10H,2-9H2,1H3,(H,14,15). The lowest BCUT2D eigenvalue weighted by atomic mass is 9.92. The predicted molar refractivity (Wildman–Crippen MR) is 154 cm³/mol. The topological polar surface area (TPSA) is 123 Å². The third kappa shape index (κ3) is 15.6. The summed E-state index contributed by atoms with van der Waals surface area (Å²) in [4.78, 5) is 49.2. The molecule has 2 aliphatic rings. The van der Waals surface area contributed by atoms with E-state index < -0.39 is 5.97 Å². The Morgan fingerprint density at radius 1 is 0.707 bits per heavy atom. The van der Waals surface area contributed by atoms with Crippen molar-refractivity contribution in [1.29, 1.82) is 0 Å². The van der Waals surface area contributed by atoms with E-state index in [0.29, 0.717) is 51.2 Å². The smallest absolute Gasteiger partial charge is 0.320 e. The highest BCUT2D eigenvalue weighted by Gasteiger charge is 2.23. The predicted octanol–water partition coefficient (Wildman–Crippen LogP) is 3.91.